The van der Waals surface area contributed by atoms with Gasteiger partial charge in [0.25, 0.3) is 0 Å². The molecular formula is C109H174BrClFN23. The second kappa shape index (κ2) is 48.3. The number of nitrogens with two attached hydrogens (primary N) is 3. The first-order valence-electron chi connectivity index (χ1n) is 47.8. The van der Waals surface area contributed by atoms with Crippen molar-refractivity contribution in [2.45, 2.75) is 390 Å². The monoisotopic (exact) mass is 1940 g/mol. The molecule has 2 aliphatic carbocycles. The molecule has 2 aliphatic rings. The fraction of sp³-hybridized carbons (Fsp3) is 0.633. The summed E-state index contributed by atoms with van der Waals surface area (Å²) in [5.41, 5.74) is 42.7. The molecule has 0 spiro atoms. The quantitative estimate of drug-likeness (QED) is 0.0904. The fourth-order valence-electron chi connectivity index (χ4n) is 15.8. The highest BCUT2D eigenvalue weighted by Gasteiger charge is 2.36. The third kappa shape index (κ3) is 37.2. The molecule has 0 bridgehead atoms. The van der Waals surface area contributed by atoms with Gasteiger partial charge in [-0.1, -0.05) is 255 Å². The van der Waals surface area contributed by atoms with Crippen LogP contribution in [0.1, 0.15) is 380 Å². The summed E-state index contributed by atoms with van der Waals surface area (Å²) in [4.78, 5) is 79.9. The molecule has 0 amide bonds. The number of nitrogens with zero attached hydrogens (tertiary/aromatic N) is 20. The fourth-order valence-corrected chi connectivity index (χ4v) is 17.0. The summed E-state index contributed by atoms with van der Waals surface area (Å²) < 4.78 is 14.9. The van der Waals surface area contributed by atoms with Crippen molar-refractivity contribution < 1.29 is 4.39 Å². The number of halogens is 3. The summed E-state index contributed by atoms with van der Waals surface area (Å²) >= 11 is 9.83. The van der Waals surface area contributed by atoms with Gasteiger partial charge >= 0.3 is 0 Å². The van der Waals surface area contributed by atoms with E-state index in [1.165, 1.54) is 74.6 Å². The van der Waals surface area contributed by atoms with Crippen LogP contribution in [0.5, 0.6) is 0 Å². The standard InChI is InChI=1S/C20H29N3.C17H24N2.C14H23N3.C12H20BrN3.C12H20ClN3.C12H20FN3.2C11H19N3/c1-14-8-10-16(11-9-14)12-17-15(2)21-18(13-23(6)7)22-19(17)20(3,4)5;1-7-8-14-18-13-9-10-17(5,6)11-12(13)15(19-14)16(2,3)4;1-13(2,3)11-9-8-14(4,5)7-6-10(9)16-12(15)17-11;3*1-8-10(13)11(12(2,3)4)15-9(14-8)7-16(5)6;2*1-6-8-7(2)9(11(3,4)5)14-10(12)13-8/h8-11H,12-13H2,1-7H3;1H,8-11H2,2-6H3;6-8H2,1-5H3,(H2,15,16,17);3*7H2,1-6H3;2*6H2,1-5H3,(H2,12,13,14). The Morgan fingerprint density at radius 2 is 0.696 bits per heavy atom. The number of rotatable bonds is 13. The van der Waals surface area contributed by atoms with Gasteiger partial charge in [0.2, 0.25) is 17.8 Å². The molecule has 11 rings (SSSR count). The maximum absolute atomic E-state index is 13.9. The second-order valence-corrected chi connectivity index (χ2v) is 48.5. The molecule has 0 unspecified atom stereocenters. The zero-order valence-electron chi connectivity index (χ0n) is 92.1. The minimum Gasteiger partial charge on any atom is -0.368 e. The molecule has 0 atom stereocenters. The van der Waals surface area contributed by atoms with Gasteiger partial charge in [0.05, 0.1) is 105 Å². The second-order valence-electron chi connectivity index (χ2n) is 47.4. The van der Waals surface area contributed by atoms with E-state index in [9.17, 15) is 4.39 Å². The van der Waals surface area contributed by atoms with Gasteiger partial charge in [0.1, 0.15) is 29.1 Å². The third-order valence-electron chi connectivity index (χ3n) is 22.6. The van der Waals surface area contributed by atoms with Crippen LogP contribution in [-0.2, 0) is 121 Å². The largest absolute Gasteiger partial charge is 0.368 e. The van der Waals surface area contributed by atoms with Crippen LogP contribution in [-0.4, -0.2) is 156 Å². The zero-order chi connectivity index (χ0) is 104. The van der Waals surface area contributed by atoms with Crippen molar-refractivity contribution in [3.63, 3.8) is 0 Å². The first-order chi connectivity index (χ1) is 61.4. The number of anilines is 3. The summed E-state index contributed by atoms with van der Waals surface area (Å²) in [6, 6.07) is 8.75. The van der Waals surface area contributed by atoms with Crippen LogP contribution in [0, 0.1) is 77.5 Å². The number of fused-ring (bicyclic) bond motifs is 2. The average molecular weight is 1940 g/mol. The Hall–Kier alpha value is -8.64. The number of hydrogen-bond donors (Lipinski definition) is 3. The zero-order valence-corrected chi connectivity index (χ0v) is 94.4. The topological polar surface area (TPSA) is 297 Å². The Labute approximate surface area is 829 Å². The van der Waals surface area contributed by atoms with Gasteiger partial charge in [-0.3, -0.25) is 0 Å². The summed E-state index contributed by atoms with van der Waals surface area (Å²) in [7, 11) is 16.0. The molecule has 0 aliphatic heterocycles. The van der Waals surface area contributed by atoms with Crippen LogP contribution in [0.15, 0.2) is 28.7 Å². The van der Waals surface area contributed by atoms with E-state index in [4.69, 9.17) is 50.2 Å². The number of nitrogen functional groups attached to an aromatic ring is 3. The highest BCUT2D eigenvalue weighted by Crippen LogP contribution is 2.42. The lowest BCUT2D eigenvalue weighted by atomic mass is 9.73. The Kier molecular flexibility index (Phi) is 42.5. The molecular weight excluding hydrogens is 1770 g/mol. The average Bonchev–Trinajstić information content (AvgIpc) is 0.774. The van der Waals surface area contributed by atoms with Crippen molar-refractivity contribution in [3.8, 4) is 12.3 Å². The van der Waals surface area contributed by atoms with Crippen molar-refractivity contribution in [2.24, 2.45) is 10.8 Å². The molecule has 0 saturated heterocycles. The molecule has 746 valence electrons. The maximum atomic E-state index is 13.9. The predicted octanol–water partition coefficient (Wildman–Crippen LogP) is 22.8. The summed E-state index contributed by atoms with van der Waals surface area (Å²) in [6.07, 6.45) is 15.2. The molecule has 8 heterocycles. The molecule has 0 saturated carbocycles. The van der Waals surface area contributed by atoms with Crippen LogP contribution in [0.4, 0.5) is 22.2 Å². The molecule has 26 heteroatoms. The van der Waals surface area contributed by atoms with E-state index >= 15 is 0 Å². The summed E-state index contributed by atoms with van der Waals surface area (Å²) in [6.45, 7) is 81.8. The minimum absolute atomic E-state index is 0.00872. The van der Waals surface area contributed by atoms with Crippen molar-refractivity contribution in [1.82, 2.24) is 99.3 Å². The SMILES string of the molecule is C#CCc1nc2c(c(C(C)(C)C)n1)CC(C)(C)CC2.CC1(C)CCc2nc(N)nc(C(C)(C)C)c2C1.CCc1nc(N)nc(C(C)(C)C)c1C.CCc1nc(N)nc(C(C)(C)C)c1C.Cc1ccc(Cc2c(C)nc(CN(C)C)nc2C(C)(C)C)cc1.Cc1nc(CN(C)C)nc(C(C)(C)C)c1Br.Cc1nc(CN(C)C)nc(C(C)(C)C)c1Cl.Cc1nc(CN(C)C)nc(C(C)(C)C)c1F. The van der Waals surface area contributed by atoms with Gasteiger partial charge in [-0.05, 0) is 216 Å². The maximum Gasteiger partial charge on any atom is 0.220 e. The van der Waals surface area contributed by atoms with E-state index in [0.717, 1.165) is 149 Å². The lowest BCUT2D eigenvalue weighted by Gasteiger charge is -2.34. The van der Waals surface area contributed by atoms with E-state index < -0.39 is 0 Å². The smallest absolute Gasteiger partial charge is 0.220 e. The predicted molar refractivity (Wildman–Crippen MR) is 567 cm³/mol. The lowest BCUT2D eigenvalue weighted by Crippen LogP contribution is -2.29. The lowest BCUT2D eigenvalue weighted by molar-refractivity contribution is 0.306. The molecule has 9 aromatic rings. The molecule has 23 nitrogen and oxygen atoms in total. The van der Waals surface area contributed by atoms with Crippen molar-refractivity contribution in [3.05, 3.63) is 199 Å². The Morgan fingerprint density at radius 1 is 0.385 bits per heavy atom. The molecule has 0 fully saturated rings. The van der Waals surface area contributed by atoms with Crippen LogP contribution in [0.25, 0.3) is 0 Å². The Bertz CT molecular complexity index is 5210. The highest BCUT2D eigenvalue weighted by molar-refractivity contribution is 9.10. The third-order valence-corrected chi connectivity index (χ3v) is 24.0. The van der Waals surface area contributed by atoms with Crippen LogP contribution in [0.2, 0.25) is 5.02 Å². The van der Waals surface area contributed by atoms with E-state index in [1.807, 2.05) is 81.8 Å². The van der Waals surface area contributed by atoms with Crippen molar-refractivity contribution in [2.75, 3.05) is 73.6 Å². The number of terminal acetylenes is 1. The van der Waals surface area contributed by atoms with Crippen molar-refractivity contribution in [1.29, 1.82) is 0 Å². The van der Waals surface area contributed by atoms with Gasteiger partial charge in [-0.15, -0.1) is 6.42 Å². The van der Waals surface area contributed by atoms with Crippen LogP contribution in [0.3, 0.4) is 0 Å². The molecule has 135 heavy (non-hydrogen) atoms. The molecule has 1 aromatic carbocycles. The molecule has 0 radical (unpaired) electrons. The van der Waals surface area contributed by atoms with Crippen LogP contribution < -0.4 is 17.2 Å². The van der Waals surface area contributed by atoms with Gasteiger partial charge in [0.15, 0.2) is 5.82 Å². The number of hydrogen-bond acceptors (Lipinski definition) is 23. The summed E-state index contributed by atoms with van der Waals surface area (Å²) in [5.74, 6) is 7.68. The highest BCUT2D eigenvalue weighted by atomic mass is 79.9. The number of aromatic nitrogens is 16. The molecule has 6 N–H and O–H groups in total. The van der Waals surface area contributed by atoms with E-state index in [2.05, 4.69) is 354 Å². The van der Waals surface area contributed by atoms with Gasteiger partial charge < -0.3 is 36.8 Å². The number of benzene rings is 1. The Balaban J connectivity index is 0.000000324. The summed E-state index contributed by atoms with van der Waals surface area (Å²) in [5, 5.41) is 0.690. The first-order valence-corrected chi connectivity index (χ1v) is 49.0. The van der Waals surface area contributed by atoms with Crippen LogP contribution >= 0.6 is 27.5 Å². The van der Waals surface area contributed by atoms with E-state index in [0.29, 0.717) is 63.9 Å². The van der Waals surface area contributed by atoms with Crippen molar-refractivity contribution >= 4 is 45.4 Å². The van der Waals surface area contributed by atoms with Gasteiger partial charge in [-0.25, -0.2) is 84.1 Å². The van der Waals surface area contributed by atoms with Gasteiger partial charge in [0, 0.05) is 78.2 Å². The molecule has 8 aromatic heterocycles. The van der Waals surface area contributed by atoms with E-state index in [1.54, 1.807) is 6.92 Å². The minimum atomic E-state index is -0.293. The Morgan fingerprint density at radius 3 is 1.06 bits per heavy atom. The number of aryl methyl sites for hydroxylation is 9. The van der Waals surface area contributed by atoms with Gasteiger partial charge in [-0.2, -0.15) is 0 Å². The first kappa shape index (κ1) is 119. The van der Waals surface area contributed by atoms with E-state index in [-0.39, 0.29) is 49.1 Å². The normalized spacial score (nSPS) is 13.7.